The van der Waals surface area contributed by atoms with E-state index in [-0.39, 0.29) is 0 Å². The van der Waals surface area contributed by atoms with Gasteiger partial charge in [-0.05, 0) is 6.92 Å². The highest BCUT2D eigenvalue weighted by molar-refractivity contribution is 5.19. The third-order valence-electron chi connectivity index (χ3n) is 2.08. The maximum Gasteiger partial charge on any atom is 0.191 e. The fourth-order valence-corrected chi connectivity index (χ4v) is 1.06. The average molecular weight is 226 g/mol. The summed E-state index contributed by atoms with van der Waals surface area (Å²) in [6, 6.07) is 9.85. The first-order valence-corrected chi connectivity index (χ1v) is 5.89. The van der Waals surface area contributed by atoms with Gasteiger partial charge >= 0.3 is 0 Å². The van der Waals surface area contributed by atoms with E-state index < -0.39 is 5.79 Å². The van der Waals surface area contributed by atoms with Crippen LogP contribution in [0.25, 0.3) is 0 Å². The third-order valence-corrected chi connectivity index (χ3v) is 2.08. The molecule has 0 saturated carbocycles. The SMILES string of the molecule is CC.CC.COC(C)(OC)c1ccccc1. The van der Waals surface area contributed by atoms with E-state index in [9.17, 15) is 0 Å². The van der Waals surface area contributed by atoms with Gasteiger partial charge in [0.05, 0.1) is 0 Å². The molecule has 2 heteroatoms. The lowest BCUT2D eigenvalue weighted by Crippen LogP contribution is -2.26. The van der Waals surface area contributed by atoms with Crippen LogP contribution in [-0.4, -0.2) is 14.2 Å². The fraction of sp³-hybridized carbons (Fsp3) is 0.571. The van der Waals surface area contributed by atoms with Gasteiger partial charge in [-0.25, -0.2) is 0 Å². The zero-order valence-electron chi connectivity index (χ0n) is 11.7. The predicted octanol–water partition coefficient (Wildman–Crippen LogP) is 4.20. The van der Waals surface area contributed by atoms with Crippen LogP contribution >= 0.6 is 0 Å². The smallest absolute Gasteiger partial charge is 0.191 e. The quantitative estimate of drug-likeness (QED) is 0.719. The molecular formula is C14H26O2. The van der Waals surface area contributed by atoms with E-state index in [0.29, 0.717) is 0 Å². The summed E-state index contributed by atoms with van der Waals surface area (Å²) in [4.78, 5) is 0. The minimum absolute atomic E-state index is 0.624. The van der Waals surface area contributed by atoms with Crippen LogP contribution < -0.4 is 0 Å². The Morgan fingerprint density at radius 3 is 1.50 bits per heavy atom. The first-order valence-electron chi connectivity index (χ1n) is 5.89. The number of methoxy groups -OCH3 is 2. The summed E-state index contributed by atoms with van der Waals surface area (Å²) >= 11 is 0. The normalized spacial score (nSPS) is 9.44. The Labute approximate surface area is 101 Å². The van der Waals surface area contributed by atoms with E-state index in [1.54, 1.807) is 14.2 Å². The summed E-state index contributed by atoms with van der Waals surface area (Å²) in [5.41, 5.74) is 1.02. The van der Waals surface area contributed by atoms with Gasteiger partial charge in [0.25, 0.3) is 0 Å². The molecule has 0 aromatic heterocycles. The molecule has 1 rings (SSSR count). The van der Waals surface area contributed by atoms with Crippen LogP contribution in [0.4, 0.5) is 0 Å². The van der Waals surface area contributed by atoms with Crippen LogP contribution in [0.5, 0.6) is 0 Å². The van der Waals surface area contributed by atoms with Gasteiger partial charge in [0.15, 0.2) is 5.79 Å². The number of hydrogen-bond acceptors (Lipinski definition) is 2. The topological polar surface area (TPSA) is 18.5 Å². The van der Waals surface area contributed by atoms with Crippen molar-refractivity contribution in [2.45, 2.75) is 40.4 Å². The van der Waals surface area contributed by atoms with Gasteiger partial charge in [-0.2, -0.15) is 0 Å². The van der Waals surface area contributed by atoms with E-state index >= 15 is 0 Å². The first-order chi connectivity index (χ1) is 7.73. The minimum Gasteiger partial charge on any atom is -0.349 e. The zero-order chi connectivity index (χ0) is 13.0. The highest BCUT2D eigenvalue weighted by atomic mass is 16.7. The highest BCUT2D eigenvalue weighted by Gasteiger charge is 2.24. The first kappa shape index (κ1) is 17.5. The van der Waals surface area contributed by atoms with Gasteiger partial charge < -0.3 is 9.47 Å². The zero-order valence-corrected chi connectivity index (χ0v) is 11.7. The van der Waals surface area contributed by atoms with Crippen molar-refractivity contribution in [3.05, 3.63) is 35.9 Å². The molecule has 0 fully saturated rings. The third kappa shape index (κ3) is 5.29. The summed E-state index contributed by atoms with van der Waals surface area (Å²) in [6.45, 7) is 9.89. The van der Waals surface area contributed by atoms with E-state index in [4.69, 9.17) is 9.47 Å². The molecule has 0 saturated heterocycles. The highest BCUT2D eigenvalue weighted by Crippen LogP contribution is 2.24. The van der Waals surface area contributed by atoms with Crippen LogP contribution in [0.1, 0.15) is 40.2 Å². The second-order valence-corrected chi connectivity index (χ2v) is 2.72. The number of rotatable bonds is 3. The van der Waals surface area contributed by atoms with Gasteiger partial charge in [0, 0.05) is 19.8 Å². The van der Waals surface area contributed by atoms with Crippen molar-refractivity contribution < 1.29 is 9.47 Å². The summed E-state index contributed by atoms with van der Waals surface area (Å²) in [6.07, 6.45) is 0. The Morgan fingerprint density at radius 1 is 0.812 bits per heavy atom. The molecule has 0 heterocycles. The van der Waals surface area contributed by atoms with Crippen molar-refractivity contribution in [2.24, 2.45) is 0 Å². The van der Waals surface area contributed by atoms with Crippen LogP contribution in [0.15, 0.2) is 30.3 Å². The van der Waals surface area contributed by atoms with Gasteiger partial charge in [0.1, 0.15) is 0 Å². The number of benzene rings is 1. The summed E-state index contributed by atoms with van der Waals surface area (Å²) in [5.74, 6) is -0.624. The molecule has 0 bridgehead atoms. The maximum atomic E-state index is 5.25. The number of hydrogen-bond donors (Lipinski definition) is 0. The van der Waals surface area contributed by atoms with E-state index in [1.807, 2.05) is 65.0 Å². The van der Waals surface area contributed by atoms with Crippen LogP contribution in [0, 0.1) is 0 Å². The van der Waals surface area contributed by atoms with Crippen molar-refractivity contribution >= 4 is 0 Å². The Morgan fingerprint density at radius 2 is 1.19 bits per heavy atom. The average Bonchev–Trinajstić information content (AvgIpc) is 2.43. The molecule has 1 aromatic carbocycles. The molecule has 94 valence electrons. The van der Waals surface area contributed by atoms with Crippen molar-refractivity contribution in [1.82, 2.24) is 0 Å². The lowest BCUT2D eigenvalue weighted by Gasteiger charge is -2.26. The van der Waals surface area contributed by atoms with E-state index in [0.717, 1.165) is 5.56 Å². The molecule has 1 aromatic rings. The molecule has 2 nitrogen and oxygen atoms in total. The van der Waals surface area contributed by atoms with E-state index in [1.165, 1.54) is 0 Å². The molecule has 0 radical (unpaired) electrons. The molecule has 0 unspecified atom stereocenters. The van der Waals surface area contributed by atoms with Crippen LogP contribution in [-0.2, 0) is 15.3 Å². The molecule has 16 heavy (non-hydrogen) atoms. The minimum atomic E-state index is -0.624. The van der Waals surface area contributed by atoms with Gasteiger partial charge in [0.2, 0.25) is 0 Å². The second-order valence-electron chi connectivity index (χ2n) is 2.72. The lowest BCUT2D eigenvalue weighted by molar-refractivity contribution is -0.201. The standard InChI is InChI=1S/C10H14O2.2C2H6/c1-10(11-2,12-3)9-7-5-4-6-8-9;2*1-2/h4-8H,1-3H3;2*1-2H3. The Kier molecular flexibility index (Phi) is 11.7. The van der Waals surface area contributed by atoms with E-state index in [2.05, 4.69) is 0 Å². The van der Waals surface area contributed by atoms with Gasteiger partial charge in [-0.3, -0.25) is 0 Å². The van der Waals surface area contributed by atoms with Gasteiger partial charge in [-0.1, -0.05) is 58.0 Å². The summed E-state index contributed by atoms with van der Waals surface area (Å²) in [7, 11) is 3.27. The van der Waals surface area contributed by atoms with Crippen LogP contribution in [0.2, 0.25) is 0 Å². The second kappa shape index (κ2) is 10.7. The van der Waals surface area contributed by atoms with Crippen LogP contribution in [0.3, 0.4) is 0 Å². The van der Waals surface area contributed by atoms with Crippen molar-refractivity contribution in [3.63, 3.8) is 0 Å². The molecule has 0 aliphatic rings. The fourth-order valence-electron chi connectivity index (χ4n) is 1.06. The molecule has 0 aliphatic carbocycles. The maximum absolute atomic E-state index is 5.25. The van der Waals surface area contributed by atoms with Crippen molar-refractivity contribution in [3.8, 4) is 0 Å². The monoisotopic (exact) mass is 226 g/mol. The summed E-state index contributed by atoms with van der Waals surface area (Å²) in [5, 5.41) is 0. The number of ether oxygens (including phenoxy) is 2. The van der Waals surface area contributed by atoms with Gasteiger partial charge in [-0.15, -0.1) is 0 Å². The molecule has 0 atom stereocenters. The molecule has 0 aliphatic heterocycles. The molecule has 0 N–H and O–H groups in total. The summed E-state index contributed by atoms with van der Waals surface area (Å²) < 4.78 is 10.5. The molecular weight excluding hydrogens is 200 g/mol. The van der Waals surface area contributed by atoms with Crippen molar-refractivity contribution in [1.29, 1.82) is 0 Å². The van der Waals surface area contributed by atoms with Crippen molar-refractivity contribution in [2.75, 3.05) is 14.2 Å². The Hall–Kier alpha value is -0.860. The lowest BCUT2D eigenvalue weighted by atomic mass is 10.1. The largest absolute Gasteiger partial charge is 0.349 e. The molecule has 0 amide bonds. The predicted molar refractivity (Wildman–Crippen MR) is 70.5 cm³/mol. The Bertz CT molecular complexity index is 228. The Balaban J connectivity index is 0. The molecule has 0 spiro atoms.